The van der Waals surface area contributed by atoms with Gasteiger partial charge < -0.3 is 15.4 Å². The lowest BCUT2D eigenvalue weighted by molar-refractivity contribution is -0.274. The van der Waals surface area contributed by atoms with Gasteiger partial charge in [0, 0.05) is 0 Å². The molecular weight excluding hydrogens is 439 g/mol. The fourth-order valence-electron chi connectivity index (χ4n) is 4.31. The number of alkyl halides is 3. The van der Waals surface area contributed by atoms with Crippen LogP contribution in [0.15, 0.2) is 48.5 Å². The fraction of sp³-hybridized carbons (Fsp3) is 0.348. The second-order valence-corrected chi connectivity index (χ2v) is 8.23. The second-order valence-electron chi connectivity index (χ2n) is 8.23. The molecule has 4 amide bonds. The predicted molar refractivity (Wildman–Crippen MR) is 111 cm³/mol. The molecule has 2 N–H and O–H groups in total. The fourth-order valence-corrected chi connectivity index (χ4v) is 4.31. The molecule has 33 heavy (non-hydrogen) atoms. The van der Waals surface area contributed by atoms with Crippen LogP contribution in [0.25, 0.3) is 0 Å². The third kappa shape index (κ3) is 4.64. The zero-order chi connectivity index (χ0) is 23.8. The Kier molecular flexibility index (Phi) is 5.77. The number of aryl methyl sites for hydroxylation is 1. The summed E-state index contributed by atoms with van der Waals surface area (Å²) >= 11 is 0. The van der Waals surface area contributed by atoms with E-state index < -0.39 is 42.0 Å². The molecule has 0 saturated carbocycles. The Hall–Kier alpha value is -3.56. The molecule has 2 atom stereocenters. The quantitative estimate of drug-likeness (QED) is 0.667. The summed E-state index contributed by atoms with van der Waals surface area (Å²) in [6.45, 7) is 0.969. The van der Waals surface area contributed by atoms with Gasteiger partial charge in [0.2, 0.25) is 5.91 Å². The van der Waals surface area contributed by atoms with Gasteiger partial charge in [-0.05, 0) is 55.0 Å². The summed E-state index contributed by atoms with van der Waals surface area (Å²) in [4.78, 5) is 39.0. The van der Waals surface area contributed by atoms with Crippen molar-refractivity contribution in [2.24, 2.45) is 0 Å². The number of carbonyl (C=O) groups is 3. The van der Waals surface area contributed by atoms with E-state index in [1.165, 1.54) is 19.1 Å². The number of hydrogen-bond donors (Lipinski definition) is 2. The minimum absolute atomic E-state index is 0.198. The number of fused-ring (bicyclic) bond motifs is 1. The number of nitrogens with zero attached hydrogens (tertiary/aromatic N) is 1. The van der Waals surface area contributed by atoms with Gasteiger partial charge >= 0.3 is 12.4 Å². The average Bonchev–Trinajstić information content (AvgIpc) is 2.97. The Morgan fingerprint density at radius 1 is 1.18 bits per heavy atom. The number of nitrogens with one attached hydrogen (secondary N) is 2. The number of hydrogen-bond acceptors (Lipinski definition) is 4. The van der Waals surface area contributed by atoms with Gasteiger partial charge in [-0.2, -0.15) is 0 Å². The van der Waals surface area contributed by atoms with Crippen LogP contribution < -0.4 is 15.4 Å². The molecule has 1 aliphatic heterocycles. The number of benzene rings is 2. The maximum absolute atomic E-state index is 13.0. The Balaban J connectivity index is 1.44. The molecule has 2 aromatic rings. The first-order valence-corrected chi connectivity index (χ1v) is 10.4. The molecule has 2 aromatic carbocycles. The van der Waals surface area contributed by atoms with Crippen LogP contribution in [0.5, 0.6) is 5.75 Å². The van der Waals surface area contributed by atoms with Crippen LogP contribution in [0, 0.1) is 0 Å². The minimum atomic E-state index is -4.84. The lowest BCUT2D eigenvalue weighted by Gasteiger charge is -2.27. The molecule has 1 heterocycles. The highest BCUT2D eigenvalue weighted by molar-refractivity contribution is 6.09. The standard InChI is InChI=1S/C23H22F3N3O4/c1-22(15-9-11-16(12-10-15)33-23(24,25)26)20(31)29(21(32)28-22)13-19(30)27-18-8-4-6-14-5-2-3-7-17(14)18/h2-3,5,7,9-12,18H,4,6,8,13H2,1H3,(H,27,30)(H,28,32). The van der Waals surface area contributed by atoms with Crippen molar-refractivity contribution in [1.29, 1.82) is 0 Å². The largest absolute Gasteiger partial charge is 0.573 e. The van der Waals surface area contributed by atoms with Crippen LogP contribution in [0.4, 0.5) is 18.0 Å². The van der Waals surface area contributed by atoms with Crippen molar-refractivity contribution in [1.82, 2.24) is 15.5 Å². The Morgan fingerprint density at radius 3 is 2.58 bits per heavy atom. The Labute approximate surface area is 187 Å². The van der Waals surface area contributed by atoms with Gasteiger partial charge in [-0.1, -0.05) is 36.4 Å². The van der Waals surface area contributed by atoms with Crippen molar-refractivity contribution in [3.63, 3.8) is 0 Å². The molecule has 0 aromatic heterocycles. The van der Waals surface area contributed by atoms with Gasteiger partial charge in [0.25, 0.3) is 5.91 Å². The molecule has 0 radical (unpaired) electrons. The number of urea groups is 1. The van der Waals surface area contributed by atoms with Crippen molar-refractivity contribution in [2.75, 3.05) is 6.54 Å². The average molecular weight is 461 g/mol. The third-order valence-corrected chi connectivity index (χ3v) is 5.95. The number of amides is 4. The lowest BCUT2D eigenvalue weighted by atomic mass is 9.88. The lowest BCUT2D eigenvalue weighted by Crippen LogP contribution is -2.44. The molecule has 1 fully saturated rings. The highest BCUT2D eigenvalue weighted by atomic mass is 19.4. The maximum Gasteiger partial charge on any atom is 0.573 e. The summed E-state index contributed by atoms with van der Waals surface area (Å²) in [5, 5.41) is 5.44. The van der Waals surface area contributed by atoms with E-state index in [9.17, 15) is 27.6 Å². The number of carbonyl (C=O) groups excluding carboxylic acids is 3. The number of imide groups is 1. The van der Waals surface area contributed by atoms with Gasteiger partial charge in [0.05, 0.1) is 6.04 Å². The zero-order valence-corrected chi connectivity index (χ0v) is 17.7. The second kappa shape index (κ2) is 8.42. The molecule has 1 saturated heterocycles. The van der Waals surface area contributed by atoms with Crippen molar-refractivity contribution >= 4 is 17.8 Å². The predicted octanol–water partition coefficient (Wildman–Crippen LogP) is 3.55. The van der Waals surface area contributed by atoms with Gasteiger partial charge in [-0.3, -0.25) is 14.5 Å². The molecule has 1 aliphatic carbocycles. The first-order valence-electron chi connectivity index (χ1n) is 10.4. The number of ether oxygens (including phenoxy) is 1. The highest BCUT2D eigenvalue weighted by Gasteiger charge is 2.49. The Bertz CT molecular complexity index is 1090. The molecule has 2 aliphatic rings. The summed E-state index contributed by atoms with van der Waals surface area (Å²) in [5.74, 6) is -1.59. The van der Waals surface area contributed by atoms with Gasteiger partial charge in [-0.15, -0.1) is 13.2 Å². The van der Waals surface area contributed by atoms with Crippen LogP contribution in [0.3, 0.4) is 0 Å². The van der Waals surface area contributed by atoms with E-state index >= 15 is 0 Å². The van der Waals surface area contributed by atoms with Crippen LogP contribution in [0.2, 0.25) is 0 Å². The van der Waals surface area contributed by atoms with E-state index in [4.69, 9.17) is 0 Å². The molecule has 4 rings (SSSR count). The summed E-state index contributed by atoms with van der Waals surface area (Å²) in [6, 6.07) is 11.5. The summed E-state index contributed by atoms with van der Waals surface area (Å²) in [7, 11) is 0. The maximum atomic E-state index is 13.0. The number of halogens is 3. The molecule has 2 unspecified atom stereocenters. The molecular formula is C23H22F3N3O4. The minimum Gasteiger partial charge on any atom is -0.406 e. The normalized spacial score (nSPS) is 22.5. The molecule has 10 heteroatoms. The number of rotatable bonds is 5. The van der Waals surface area contributed by atoms with Crippen molar-refractivity contribution < 1.29 is 32.3 Å². The van der Waals surface area contributed by atoms with Crippen LogP contribution >= 0.6 is 0 Å². The van der Waals surface area contributed by atoms with Crippen LogP contribution in [0.1, 0.15) is 42.5 Å². The van der Waals surface area contributed by atoms with Gasteiger partial charge in [0.15, 0.2) is 0 Å². The van der Waals surface area contributed by atoms with Crippen LogP contribution in [-0.4, -0.2) is 35.7 Å². The van der Waals surface area contributed by atoms with E-state index in [0.717, 1.165) is 47.4 Å². The van der Waals surface area contributed by atoms with E-state index in [-0.39, 0.29) is 11.6 Å². The first kappa shape index (κ1) is 22.6. The smallest absolute Gasteiger partial charge is 0.406 e. The molecule has 0 spiro atoms. The molecule has 0 bridgehead atoms. The Morgan fingerprint density at radius 2 is 1.88 bits per heavy atom. The summed E-state index contributed by atoms with van der Waals surface area (Å²) in [6.07, 6.45) is -2.24. The SMILES string of the molecule is CC1(c2ccc(OC(F)(F)F)cc2)NC(=O)N(CC(=O)NC2CCCc3ccccc32)C1=O. The van der Waals surface area contributed by atoms with E-state index in [0.29, 0.717) is 0 Å². The van der Waals surface area contributed by atoms with Crippen molar-refractivity contribution in [2.45, 2.75) is 44.1 Å². The zero-order valence-electron chi connectivity index (χ0n) is 17.7. The monoisotopic (exact) mass is 461 g/mol. The molecule has 174 valence electrons. The molecule has 7 nitrogen and oxygen atoms in total. The third-order valence-electron chi connectivity index (χ3n) is 5.95. The summed E-state index contributed by atoms with van der Waals surface area (Å²) in [5.41, 5.74) is 0.931. The van der Waals surface area contributed by atoms with Gasteiger partial charge in [-0.25, -0.2) is 4.79 Å². The van der Waals surface area contributed by atoms with Gasteiger partial charge in [0.1, 0.15) is 17.8 Å². The van der Waals surface area contributed by atoms with E-state index in [1.54, 1.807) is 0 Å². The van der Waals surface area contributed by atoms with E-state index in [1.807, 2.05) is 24.3 Å². The summed E-state index contributed by atoms with van der Waals surface area (Å²) < 4.78 is 41.0. The highest BCUT2D eigenvalue weighted by Crippen LogP contribution is 2.32. The van der Waals surface area contributed by atoms with Crippen molar-refractivity contribution in [3.8, 4) is 5.75 Å². The van der Waals surface area contributed by atoms with Crippen molar-refractivity contribution in [3.05, 3.63) is 65.2 Å². The first-order chi connectivity index (χ1) is 15.6. The topological polar surface area (TPSA) is 87.7 Å². The van der Waals surface area contributed by atoms with E-state index in [2.05, 4.69) is 15.4 Å². The van der Waals surface area contributed by atoms with Crippen LogP contribution in [-0.2, 0) is 21.5 Å².